The van der Waals surface area contributed by atoms with Crippen molar-refractivity contribution in [2.75, 3.05) is 20.3 Å². The summed E-state index contributed by atoms with van der Waals surface area (Å²) in [5.41, 5.74) is 0.162. The summed E-state index contributed by atoms with van der Waals surface area (Å²) >= 11 is 0. The molecule has 1 amide bonds. The van der Waals surface area contributed by atoms with Crippen LogP contribution in [0.2, 0.25) is 0 Å². The van der Waals surface area contributed by atoms with Gasteiger partial charge in [-0.25, -0.2) is 0 Å². The lowest BCUT2D eigenvalue weighted by molar-refractivity contribution is -0.130. The minimum atomic E-state index is 0.162. The first kappa shape index (κ1) is 12.5. The molecule has 1 aliphatic carbocycles. The molecule has 15 heavy (non-hydrogen) atoms. The fourth-order valence-corrected chi connectivity index (χ4v) is 2.38. The van der Waals surface area contributed by atoms with Crippen LogP contribution in [0.5, 0.6) is 0 Å². The number of nitrogens with one attached hydrogen (secondary N) is 1. The molecule has 0 aromatic rings. The fraction of sp³-hybridized carbons (Fsp3) is 0.917. The first-order valence-electron chi connectivity index (χ1n) is 5.84. The van der Waals surface area contributed by atoms with E-state index in [9.17, 15) is 4.79 Å². The van der Waals surface area contributed by atoms with Gasteiger partial charge in [0.1, 0.15) is 0 Å². The van der Waals surface area contributed by atoms with E-state index in [0.717, 1.165) is 12.8 Å². The number of rotatable bonds is 4. The number of amides is 1. The minimum Gasteiger partial charge on any atom is -0.383 e. The Morgan fingerprint density at radius 2 is 2.20 bits per heavy atom. The zero-order chi connectivity index (χ0) is 11.3. The third-order valence-electron chi connectivity index (χ3n) is 3.43. The Kier molecular flexibility index (Phi) is 4.58. The van der Waals surface area contributed by atoms with Gasteiger partial charge in [-0.2, -0.15) is 0 Å². The summed E-state index contributed by atoms with van der Waals surface area (Å²) in [6.07, 6.45) is 4.64. The van der Waals surface area contributed by atoms with Gasteiger partial charge in [-0.05, 0) is 18.3 Å². The topological polar surface area (TPSA) is 38.3 Å². The highest BCUT2D eigenvalue weighted by molar-refractivity contribution is 5.79. The van der Waals surface area contributed by atoms with Gasteiger partial charge in [0.05, 0.1) is 6.61 Å². The highest BCUT2D eigenvalue weighted by atomic mass is 16.5. The molecule has 1 fully saturated rings. The van der Waals surface area contributed by atoms with Crippen LogP contribution in [-0.2, 0) is 9.53 Å². The van der Waals surface area contributed by atoms with Crippen molar-refractivity contribution >= 4 is 5.91 Å². The fourth-order valence-electron chi connectivity index (χ4n) is 2.38. The maximum Gasteiger partial charge on any atom is 0.223 e. The van der Waals surface area contributed by atoms with E-state index < -0.39 is 0 Å². The summed E-state index contributed by atoms with van der Waals surface area (Å²) in [7, 11) is 1.65. The predicted molar refractivity (Wildman–Crippen MR) is 60.6 cm³/mol. The lowest BCUT2D eigenvalue weighted by Crippen LogP contribution is -2.42. The van der Waals surface area contributed by atoms with Gasteiger partial charge in [-0.15, -0.1) is 0 Å². The molecule has 1 rings (SSSR count). The second-order valence-electron chi connectivity index (χ2n) is 5.07. The van der Waals surface area contributed by atoms with Gasteiger partial charge in [0.15, 0.2) is 0 Å². The molecule has 1 atom stereocenters. The van der Waals surface area contributed by atoms with E-state index in [-0.39, 0.29) is 17.2 Å². The Morgan fingerprint density at radius 3 is 2.80 bits per heavy atom. The number of carbonyl (C=O) groups excluding carboxylic acids is 1. The average molecular weight is 213 g/mol. The molecule has 0 saturated heterocycles. The number of hydrogen-bond acceptors (Lipinski definition) is 2. The van der Waals surface area contributed by atoms with Crippen molar-refractivity contribution in [3.05, 3.63) is 0 Å². The van der Waals surface area contributed by atoms with Crippen LogP contribution in [0.3, 0.4) is 0 Å². The van der Waals surface area contributed by atoms with E-state index >= 15 is 0 Å². The molecule has 1 saturated carbocycles. The predicted octanol–water partition coefficient (Wildman–Crippen LogP) is 1.97. The average Bonchev–Trinajstić information content (AvgIpc) is 2.17. The molecule has 1 unspecified atom stereocenters. The van der Waals surface area contributed by atoms with Crippen molar-refractivity contribution in [3.63, 3.8) is 0 Å². The molecule has 0 heterocycles. The van der Waals surface area contributed by atoms with Gasteiger partial charge in [0.2, 0.25) is 5.91 Å². The van der Waals surface area contributed by atoms with Crippen LogP contribution in [0, 0.1) is 11.3 Å². The second-order valence-corrected chi connectivity index (χ2v) is 5.07. The van der Waals surface area contributed by atoms with Gasteiger partial charge in [-0.3, -0.25) is 4.79 Å². The summed E-state index contributed by atoms with van der Waals surface area (Å²) in [5, 5.41) is 2.94. The van der Waals surface area contributed by atoms with Crippen molar-refractivity contribution in [3.8, 4) is 0 Å². The smallest absolute Gasteiger partial charge is 0.223 e. The zero-order valence-electron chi connectivity index (χ0n) is 10.1. The minimum absolute atomic E-state index is 0.162. The van der Waals surface area contributed by atoms with E-state index in [1.54, 1.807) is 7.11 Å². The molecule has 88 valence electrons. The summed E-state index contributed by atoms with van der Waals surface area (Å²) in [6.45, 7) is 5.63. The largest absolute Gasteiger partial charge is 0.383 e. The lowest BCUT2D eigenvalue weighted by Gasteiger charge is -2.37. The summed E-state index contributed by atoms with van der Waals surface area (Å²) in [4.78, 5) is 11.9. The zero-order valence-corrected chi connectivity index (χ0v) is 10.1. The summed E-state index contributed by atoms with van der Waals surface area (Å²) in [6, 6.07) is 0. The third-order valence-corrected chi connectivity index (χ3v) is 3.43. The van der Waals surface area contributed by atoms with Crippen molar-refractivity contribution in [2.24, 2.45) is 11.3 Å². The number of hydrogen-bond donors (Lipinski definition) is 1. The lowest BCUT2D eigenvalue weighted by atomic mass is 9.68. The Balaban J connectivity index is 2.42. The highest BCUT2D eigenvalue weighted by Crippen LogP contribution is 2.40. The maximum atomic E-state index is 11.9. The van der Waals surface area contributed by atoms with Gasteiger partial charge >= 0.3 is 0 Å². The molecule has 1 aliphatic rings. The third kappa shape index (κ3) is 3.49. The van der Waals surface area contributed by atoms with Crippen molar-refractivity contribution < 1.29 is 9.53 Å². The van der Waals surface area contributed by atoms with Gasteiger partial charge in [0.25, 0.3) is 0 Å². The summed E-state index contributed by atoms with van der Waals surface area (Å²) in [5.74, 6) is 0.389. The highest BCUT2D eigenvalue weighted by Gasteiger charge is 2.36. The van der Waals surface area contributed by atoms with Gasteiger partial charge in [-0.1, -0.05) is 26.7 Å². The normalized spacial score (nSPS) is 24.9. The molecule has 3 heteroatoms. The Morgan fingerprint density at radius 1 is 1.47 bits per heavy atom. The van der Waals surface area contributed by atoms with E-state index in [1.165, 1.54) is 12.8 Å². The number of methoxy groups -OCH3 is 1. The van der Waals surface area contributed by atoms with E-state index in [4.69, 9.17) is 4.74 Å². The van der Waals surface area contributed by atoms with Crippen LogP contribution in [0.25, 0.3) is 0 Å². The number of carbonyl (C=O) groups is 1. The quantitative estimate of drug-likeness (QED) is 0.725. The molecule has 0 aromatic heterocycles. The molecule has 0 spiro atoms. The second kappa shape index (κ2) is 5.50. The first-order chi connectivity index (χ1) is 7.08. The summed E-state index contributed by atoms with van der Waals surface area (Å²) < 4.78 is 4.92. The maximum absolute atomic E-state index is 11.9. The standard InChI is InChI=1S/C12H23NO2/c1-12(2)7-5-4-6-10(12)11(14)13-8-9-15-3/h10H,4-9H2,1-3H3,(H,13,14). The molecule has 0 aliphatic heterocycles. The molecular weight excluding hydrogens is 190 g/mol. The molecule has 0 radical (unpaired) electrons. The van der Waals surface area contributed by atoms with Crippen LogP contribution in [0.1, 0.15) is 39.5 Å². The van der Waals surface area contributed by atoms with Crippen molar-refractivity contribution in [1.82, 2.24) is 5.32 Å². The van der Waals surface area contributed by atoms with Crippen molar-refractivity contribution in [2.45, 2.75) is 39.5 Å². The van der Waals surface area contributed by atoms with Crippen LogP contribution in [-0.4, -0.2) is 26.2 Å². The SMILES string of the molecule is COCCNC(=O)C1CCCCC1(C)C. The van der Waals surface area contributed by atoms with Crippen LogP contribution in [0.4, 0.5) is 0 Å². The monoisotopic (exact) mass is 213 g/mol. The molecule has 1 N–H and O–H groups in total. The van der Waals surface area contributed by atoms with E-state index in [0.29, 0.717) is 13.2 Å². The molecule has 0 bridgehead atoms. The van der Waals surface area contributed by atoms with E-state index in [2.05, 4.69) is 19.2 Å². The Hall–Kier alpha value is -0.570. The Labute approximate surface area is 92.6 Å². The first-order valence-corrected chi connectivity index (χ1v) is 5.84. The van der Waals surface area contributed by atoms with Crippen LogP contribution >= 0.6 is 0 Å². The molecular formula is C12H23NO2. The molecule has 0 aromatic carbocycles. The Bertz CT molecular complexity index is 214. The van der Waals surface area contributed by atoms with E-state index in [1.807, 2.05) is 0 Å². The van der Waals surface area contributed by atoms with Crippen LogP contribution < -0.4 is 5.32 Å². The van der Waals surface area contributed by atoms with Crippen molar-refractivity contribution in [1.29, 1.82) is 0 Å². The van der Waals surface area contributed by atoms with Gasteiger partial charge < -0.3 is 10.1 Å². The number of ether oxygens (including phenoxy) is 1. The van der Waals surface area contributed by atoms with Crippen LogP contribution in [0.15, 0.2) is 0 Å². The molecule has 3 nitrogen and oxygen atoms in total. The van der Waals surface area contributed by atoms with Gasteiger partial charge in [0, 0.05) is 19.6 Å².